The number of hydrogen-bond acceptors (Lipinski definition) is 3. The number of hydrogen-bond donors (Lipinski definition) is 0. The highest BCUT2D eigenvalue weighted by Gasteiger charge is 2.13. The molecule has 0 radical (unpaired) electrons. The first-order valence-corrected chi connectivity index (χ1v) is 6.72. The molecule has 0 atom stereocenters. The van der Waals surface area contributed by atoms with E-state index in [-0.39, 0.29) is 5.78 Å². The first-order chi connectivity index (χ1) is 8.74. The standard InChI is InChI=1S/C15H12O2S/c1-10-3-2-4-12-8-14(17-15(10)12)13(16)7-11-5-6-18-9-11/h2-6,8-9H,7H2,1H3. The number of aryl methyl sites for hydroxylation is 1. The van der Waals surface area contributed by atoms with Crippen LogP contribution in [-0.2, 0) is 6.42 Å². The predicted octanol–water partition coefficient (Wildman–Crippen LogP) is 4.23. The zero-order valence-corrected chi connectivity index (χ0v) is 10.8. The van der Waals surface area contributed by atoms with Gasteiger partial charge in [0.1, 0.15) is 5.58 Å². The summed E-state index contributed by atoms with van der Waals surface area (Å²) in [6.07, 6.45) is 0.405. The molecule has 3 rings (SSSR count). The summed E-state index contributed by atoms with van der Waals surface area (Å²) >= 11 is 1.60. The lowest BCUT2D eigenvalue weighted by molar-refractivity contribution is 0.0968. The molecule has 1 aromatic carbocycles. The Kier molecular flexibility index (Phi) is 2.76. The second-order valence-corrected chi connectivity index (χ2v) is 5.12. The van der Waals surface area contributed by atoms with Crippen molar-refractivity contribution in [3.63, 3.8) is 0 Å². The molecule has 2 nitrogen and oxygen atoms in total. The lowest BCUT2D eigenvalue weighted by atomic mass is 10.1. The van der Waals surface area contributed by atoms with E-state index in [4.69, 9.17) is 4.42 Å². The highest BCUT2D eigenvalue weighted by Crippen LogP contribution is 2.23. The van der Waals surface area contributed by atoms with Gasteiger partial charge in [-0.3, -0.25) is 4.79 Å². The number of fused-ring (bicyclic) bond motifs is 1. The lowest BCUT2D eigenvalue weighted by Crippen LogP contribution is -2.00. The molecule has 3 aromatic rings. The van der Waals surface area contributed by atoms with Crippen LogP contribution in [0.5, 0.6) is 0 Å². The minimum absolute atomic E-state index is 0.0315. The summed E-state index contributed by atoms with van der Waals surface area (Å²) in [7, 11) is 0. The minimum atomic E-state index is 0.0315. The van der Waals surface area contributed by atoms with Crippen LogP contribution in [0.2, 0.25) is 0 Å². The van der Waals surface area contributed by atoms with E-state index in [1.165, 1.54) is 0 Å². The largest absolute Gasteiger partial charge is 0.453 e. The average molecular weight is 256 g/mol. The summed E-state index contributed by atoms with van der Waals surface area (Å²) in [4.78, 5) is 12.1. The highest BCUT2D eigenvalue weighted by molar-refractivity contribution is 7.08. The summed E-state index contributed by atoms with van der Waals surface area (Å²) in [6, 6.07) is 9.72. The third-order valence-corrected chi connectivity index (χ3v) is 3.69. The van der Waals surface area contributed by atoms with Gasteiger partial charge in [0.15, 0.2) is 5.76 Å². The predicted molar refractivity (Wildman–Crippen MR) is 73.3 cm³/mol. The first-order valence-electron chi connectivity index (χ1n) is 5.77. The molecular weight excluding hydrogens is 244 g/mol. The van der Waals surface area contributed by atoms with E-state index in [1.54, 1.807) is 11.3 Å². The highest BCUT2D eigenvalue weighted by atomic mass is 32.1. The zero-order chi connectivity index (χ0) is 12.5. The molecular formula is C15H12O2S. The fourth-order valence-electron chi connectivity index (χ4n) is 2.01. The maximum Gasteiger partial charge on any atom is 0.202 e. The van der Waals surface area contributed by atoms with E-state index in [1.807, 2.05) is 48.0 Å². The van der Waals surface area contributed by atoms with Crippen molar-refractivity contribution in [3.05, 3.63) is 58.0 Å². The molecule has 18 heavy (non-hydrogen) atoms. The molecule has 0 aliphatic carbocycles. The number of rotatable bonds is 3. The Morgan fingerprint density at radius 2 is 2.22 bits per heavy atom. The van der Waals surface area contributed by atoms with Crippen LogP contribution in [0.4, 0.5) is 0 Å². The number of ketones is 1. The smallest absolute Gasteiger partial charge is 0.202 e. The Morgan fingerprint density at radius 1 is 1.33 bits per heavy atom. The van der Waals surface area contributed by atoms with E-state index in [9.17, 15) is 4.79 Å². The van der Waals surface area contributed by atoms with Gasteiger partial charge in [0, 0.05) is 11.8 Å². The van der Waals surface area contributed by atoms with Gasteiger partial charge in [0.25, 0.3) is 0 Å². The van der Waals surface area contributed by atoms with Crippen LogP contribution in [0.25, 0.3) is 11.0 Å². The van der Waals surface area contributed by atoms with Crippen molar-refractivity contribution in [2.24, 2.45) is 0 Å². The maximum absolute atomic E-state index is 12.1. The molecule has 0 N–H and O–H groups in total. The maximum atomic E-state index is 12.1. The van der Waals surface area contributed by atoms with Gasteiger partial charge in [-0.05, 0) is 40.9 Å². The van der Waals surface area contributed by atoms with E-state index in [0.717, 1.165) is 22.1 Å². The van der Waals surface area contributed by atoms with Crippen LogP contribution in [0.15, 0.2) is 45.5 Å². The Bertz CT molecular complexity index is 692. The van der Waals surface area contributed by atoms with Crippen molar-refractivity contribution in [1.82, 2.24) is 0 Å². The van der Waals surface area contributed by atoms with E-state index in [0.29, 0.717) is 12.2 Å². The molecule has 0 saturated heterocycles. The molecule has 0 saturated carbocycles. The number of furan rings is 1. The van der Waals surface area contributed by atoms with Crippen molar-refractivity contribution < 1.29 is 9.21 Å². The number of carbonyl (C=O) groups is 1. The number of carbonyl (C=O) groups excluding carboxylic acids is 1. The van der Waals surface area contributed by atoms with Crippen molar-refractivity contribution in [2.45, 2.75) is 13.3 Å². The summed E-state index contributed by atoms with van der Waals surface area (Å²) in [5.41, 5.74) is 2.91. The quantitative estimate of drug-likeness (QED) is 0.656. The molecule has 3 heteroatoms. The van der Waals surface area contributed by atoms with Gasteiger partial charge >= 0.3 is 0 Å². The van der Waals surface area contributed by atoms with Gasteiger partial charge < -0.3 is 4.42 Å². The Hall–Kier alpha value is -1.87. The molecule has 0 spiro atoms. The molecule has 0 aliphatic heterocycles. The summed E-state index contributed by atoms with van der Waals surface area (Å²) in [5, 5.41) is 4.96. The number of Topliss-reactive ketones (excluding diaryl/α,β-unsaturated/α-hetero) is 1. The molecule has 0 bridgehead atoms. The van der Waals surface area contributed by atoms with Crippen LogP contribution in [0.1, 0.15) is 21.7 Å². The number of para-hydroxylation sites is 1. The lowest BCUT2D eigenvalue weighted by Gasteiger charge is -1.94. The topological polar surface area (TPSA) is 30.2 Å². The van der Waals surface area contributed by atoms with Crippen molar-refractivity contribution in [1.29, 1.82) is 0 Å². The summed E-state index contributed by atoms with van der Waals surface area (Å²) in [5.74, 6) is 0.481. The van der Waals surface area contributed by atoms with Gasteiger partial charge in [-0.15, -0.1) is 0 Å². The SMILES string of the molecule is Cc1cccc2cc(C(=O)Cc3ccsc3)oc12. The Morgan fingerprint density at radius 3 is 2.94 bits per heavy atom. The Labute approximate surface area is 109 Å². The number of benzene rings is 1. The van der Waals surface area contributed by atoms with Gasteiger partial charge in [-0.2, -0.15) is 11.3 Å². The van der Waals surface area contributed by atoms with Gasteiger partial charge in [0.2, 0.25) is 5.78 Å². The van der Waals surface area contributed by atoms with Crippen molar-refractivity contribution in [2.75, 3.05) is 0 Å². The van der Waals surface area contributed by atoms with Crippen LogP contribution < -0.4 is 0 Å². The number of thiophene rings is 1. The molecule has 0 unspecified atom stereocenters. The second-order valence-electron chi connectivity index (χ2n) is 4.34. The molecule has 0 aliphatic rings. The summed E-state index contributed by atoms with van der Waals surface area (Å²) in [6.45, 7) is 1.99. The molecule has 2 heterocycles. The van der Waals surface area contributed by atoms with Crippen LogP contribution in [-0.4, -0.2) is 5.78 Å². The summed E-state index contributed by atoms with van der Waals surface area (Å²) < 4.78 is 5.66. The zero-order valence-electron chi connectivity index (χ0n) is 9.97. The van der Waals surface area contributed by atoms with Crippen molar-refractivity contribution in [3.8, 4) is 0 Å². The first kappa shape index (κ1) is 11.2. The third-order valence-electron chi connectivity index (χ3n) is 2.96. The average Bonchev–Trinajstić information content (AvgIpc) is 2.97. The fourth-order valence-corrected chi connectivity index (χ4v) is 2.68. The van der Waals surface area contributed by atoms with Gasteiger partial charge in [-0.25, -0.2) is 0 Å². The molecule has 0 fully saturated rings. The third kappa shape index (κ3) is 1.97. The second kappa shape index (κ2) is 4.42. The normalized spacial score (nSPS) is 10.9. The molecule has 2 aromatic heterocycles. The van der Waals surface area contributed by atoms with E-state index >= 15 is 0 Å². The fraction of sp³-hybridized carbons (Fsp3) is 0.133. The van der Waals surface area contributed by atoms with Crippen molar-refractivity contribution >= 4 is 28.1 Å². The molecule has 0 amide bonds. The van der Waals surface area contributed by atoms with Crippen LogP contribution in [0.3, 0.4) is 0 Å². The van der Waals surface area contributed by atoms with Gasteiger partial charge in [-0.1, -0.05) is 18.2 Å². The molecule has 90 valence electrons. The van der Waals surface area contributed by atoms with Gasteiger partial charge in [0.05, 0.1) is 0 Å². The van der Waals surface area contributed by atoms with E-state index in [2.05, 4.69) is 0 Å². The van der Waals surface area contributed by atoms with E-state index < -0.39 is 0 Å². The monoisotopic (exact) mass is 256 g/mol. The van der Waals surface area contributed by atoms with Crippen LogP contribution in [0, 0.1) is 6.92 Å². The van der Waals surface area contributed by atoms with Crippen LogP contribution >= 0.6 is 11.3 Å². The Balaban J connectivity index is 1.94. The minimum Gasteiger partial charge on any atom is -0.453 e.